The molecular formula is C10H9BrN2O. The minimum absolute atomic E-state index is 0.631. The van der Waals surface area contributed by atoms with Gasteiger partial charge in [-0.2, -0.15) is 0 Å². The van der Waals surface area contributed by atoms with Crippen molar-refractivity contribution in [3.63, 3.8) is 0 Å². The van der Waals surface area contributed by atoms with Crippen LogP contribution in [-0.4, -0.2) is 16.2 Å². The van der Waals surface area contributed by atoms with E-state index < -0.39 is 0 Å². The smallest absolute Gasteiger partial charge is 0.136 e. The number of benzene rings is 1. The predicted octanol–water partition coefficient (Wildman–Crippen LogP) is 2.33. The molecule has 1 aromatic heterocycles. The summed E-state index contributed by atoms with van der Waals surface area (Å²) in [6.45, 7) is 2.33. The molecule has 0 N–H and O–H groups in total. The molecule has 72 valence electrons. The highest BCUT2D eigenvalue weighted by Crippen LogP contribution is 2.22. The van der Waals surface area contributed by atoms with Crippen LogP contribution < -0.4 is 0 Å². The Balaban J connectivity index is 2.31. The van der Waals surface area contributed by atoms with E-state index in [-0.39, 0.29) is 0 Å². The molecule has 0 radical (unpaired) electrons. The molecular weight excluding hydrogens is 244 g/mol. The van der Waals surface area contributed by atoms with Gasteiger partial charge < -0.3 is 9.30 Å². The molecule has 1 aromatic carbocycles. The van der Waals surface area contributed by atoms with Crippen LogP contribution in [0.4, 0.5) is 0 Å². The van der Waals surface area contributed by atoms with Crippen LogP contribution in [0.2, 0.25) is 0 Å². The van der Waals surface area contributed by atoms with Gasteiger partial charge in [0.25, 0.3) is 0 Å². The van der Waals surface area contributed by atoms with Crippen LogP contribution >= 0.6 is 15.9 Å². The van der Waals surface area contributed by atoms with E-state index in [2.05, 4.69) is 31.5 Å². The quantitative estimate of drug-likeness (QED) is 0.720. The molecule has 0 saturated carbocycles. The Morgan fingerprint density at radius 3 is 3.29 bits per heavy atom. The van der Waals surface area contributed by atoms with Gasteiger partial charge in [0.2, 0.25) is 0 Å². The fourth-order valence-corrected chi connectivity index (χ4v) is 2.18. The van der Waals surface area contributed by atoms with E-state index in [0.717, 1.165) is 29.0 Å². The number of fused-ring (bicyclic) bond motifs is 3. The number of rotatable bonds is 0. The van der Waals surface area contributed by atoms with Crippen molar-refractivity contribution in [1.82, 2.24) is 9.55 Å². The number of imidazole rings is 1. The van der Waals surface area contributed by atoms with Gasteiger partial charge >= 0.3 is 0 Å². The van der Waals surface area contributed by atoms with E-state index >= 15 is 0 Å². The Kier molecular flexibility index (Phi) is 1.85. The summed E-state index contributed by atoms with van der Waals surface area (Å²) in [5, 5.41) is 0. The fourth-order valence-electron chi connectivity index (χ4n) is 1.83. The Hall–Kier alpha value is -0.870. The lowest BCUT2D eigenvalue weighted by atomic mass is 10.3. The number of hydrogen-bond acceptors (Lipinski definition) is 2. The molecule has 0 bridgehead atoms. The molecule has 0 fully saturated rings. The summed E-state index contributed by atoms with van der Waals surface area (Å²) in [6, 6.07) is 6.19. The van der Waals surface area contributed by atoms with Crippen molar-refractivity contribution in [3.8, 4) is 0 Å². The van der Waals surface area contributed by atoms with Crippen molar-refractivity contribution in [2.75, 3.05) is 6.61 Å². The lowest BCUT2D eigenvalue weighted by Gasteiger charge is -2.14. The van der Waals surface area contributed by atoms with Gasteiger partial charge in [0.1, 0.15) is 12.4 Å². The fraction of sp³-hybridized carbons (Fsp3) is 0.300. The Morgan fingerprint density at radius 2 is 2.36 bits per heavy atom. The molecule has 0 saturated heterocycles. The van der Waals surface area contributed by atoms with Crippen molar-refractivity contribution in [2.45, 2.75) is 13.2 Å². The molecule has 0 amide bonds. The summed E-state index contributed by atoms with van der Waals surface area (Å²) in [5.74, 6) is 1.03. The summed E-state index contributed by atoms with van der Waals surface area (Å²) in [5.41, 5.74) is 2.24. The number of halogens is 1. The van der Waals surface area contributed by atoms with Gasteiger partial charge in [-0.3, -0.25) is 0 Å². The van der Waals surface area contributed by atoms with Crippen LogP contribution in [0.25, 0.3) is 11.0 Å². The van der Waals surface area contributed by atoms with E-state index in [4.69, 9.17) is 4.74 Å². The first-order chi connectivity index (χ1) is 6.84. The van der Waals surface area contributed by atoms with E-state index in [9.17, 15) is 0 Å². The van der Waals surface area contributed by atoms with Gasteiger partial charge in [0.05, 0.1) is 17.6 Å². The number of hydrogen-bond donors (Lipinski definition) is 0. The topological polar surface area (TPSA) is 27.1 Å². The van der Waals surface area contributed by atoms with Crippen molar-refractivity contribution in [1.29, 1.82) is 0 Å². The molecule has 2 aromatic rings. The highest BCUT2D eigenvalue weighted by Gasteiger charge is 2.14. The van der Waals surface area contributed by atoms with Gasteiger partial charge in [-0.05, 0) is 18.2 Å². The van der Waals surface area contributed by atoms with Crippen LogP contribution in [0.3, 0.4) is 0 Å². The molecule has 14 heavy (non-hydrogen) atoms. The third-order valence-electron chi connectivity index (χ3n) is 2.48. The van der Waals surface area contributed by atoms with E-state index in [1.54, 1.807) is 0 Å². The molecule has 0 unspecified atom stereocenters. The summed E-state index contributed by atoms with van der Waals surface area (Å²) >= 11 is 3.45. The molecule has 2 heterocycles. The molecule has 3 nitrogen and oxygen atoms in total. The summed E-state index contributed by atoms with van der Waals surface area (Å²) in [6.07, 6.45) is 0. The molecule has 3 rings (SSSR count). The van der Waals surface area contributed by atoms with Crippen molar-refractivity contribution in [2.24, 2.45) is 0 Å². The number of nitrogens with zero attached hydrogens (tertiary/aromatic N) is 2. The minimum atomic E-state index is 0.631. The third kappa shape index (κ3) is 1.18. The Labute approximate surface area is 89.8 Å². The Morgan fingerprint density at radius 1 is 1.43 bits per heavy atom. The third-order valence-corrected chi connectivity index (χ3v) is 2.97. The average Bonchev–Trinajstić information content (AvgIpc) is 2.54. The first-order valence-corrected chi connectivity index (χ1v) is 5.36. The molecule has 0 spiro atoms. The molecule has 0 atom stereocenters. The largest absolute Gasteiger partial charge is 0.372 e. The molecule has 4 heteroatoms. The zero-order valence-electron chi connectivity index (χ0n) is 7.53. The average molecular weight is 253 g/mol. The number of aromatic nitrogens is 2. The maximum Gasteiger partial charge on any atom is 0.136 e. The predicted molar refractivity (Wildman–Crippen MR) is 57.1 cm³/mol. The molecule has 0 aliphatic carbocycles. The van der Waals surface area contributed by atoms with Gasteiger partial charge in [-0.1, -0.05) is 15.9 Å². The lowest BCUT2D eigenvalue weighted by Crippen LogP contribution is -2.16. The second-order valence-electron chi connectivity index (χ2n) is 3.37. The summed E-state index contributed by atoms with van der Waals surface area (Å²) in [4.78, 5) is 4.52. The van der Waals surface area contributed by atoms with Gasteiger partial charge in [-0.15, -0.1) is 0 Å². The monoisotopic (exact) mass is 252 g/mol. The second kappa shape index (κ2) is 3.07. The highest BCUT2D eigenvalue weighted by atomic mass is 79.9. The molecule has 1 aliphatic rings. The van der Waals surface area contributed by atoms with Crippen molar-refractivity contribution in [3.05, 3.63) is 28.5 Å². The van der Waals surface area contributed by atoms with E-state index in [1.165, 1.54) is 5.52 Å². The van der Waals surface area contributed by atoms with Crippen LogP contribution in [0.15, 0.2) is 22.7 Å². The SMILES string of the molecule is Brc1ccc2c(c1)nc1n2CCOC1. The van der Waals surface area contributed by atoms with Crippen molar-refractivity contribution >= 4 is 27.0 Å². The Bertz CT molecular complexity index is 492. The first-order valence-electron chi connectivity index (χ1n) is 4.57. The standard InChI is InChI=1S/C10H9BrN2O/c11-7-1-2-9-8(5-7)12-10-6-14-4-3-13(9)10/h1-2,5H,3-4,6H2. The second-order valence-corrected chi connectivity index (χ2v) is 4.28. The normalized spacial score (nSPS) is 15.8. The first kappa shape index (κ1) is 8.44. The van der Waals surface area contributed by atoms with Crippen LogP contribution in [-0.2, 0) is 17.9 Å². The molecule has 1 aliphatic heterocycles. The van der Waals surface area contributed by atoms with Gasteiger partial charge in [0, 0.05) is 11.0 Å². The van der Waals surface area contributed by atoms with Crippen molar-refractivity contribution < 1.29 is 4.74 Å². The van der Waals surface area contributed by atoms with Gasteiger partial charge in [-0.25, -0.2) is 4.98 Å². The van der Waals surface area contributed by atoms with Crippen LogP contribution in [0.5, 0.6) is 0 Å². The summed E-state index contributed by atoms with van der Waals surface area (Å²) < 4.78 is 8.66. The van der Waals surface area contributed by atoms with Crippen LogP contribution in [0, 0.1) is 0 Å². The zero-order valence-corrected chi connectivity index (χ0v) is 9.12. The van der Waals surface area contributed by atoms with Crippen LogP contribution in [0.1, 0.15) is 5.82 Å². The highest BCUT2D eigenvalue weighted by molar-refractivity contribution is 9.10. The maximum atomic E-state index is 5.36. The van der Waals surface area contributed by atoms with E-state index in [1.807, 2.05) is 12.1 Å². The lowest BCUT2D eigenvalue weighted by molar-refractivity contribution is 0.0830. The van der Waals surface area contributed by atoms with Gasteiger partial charge in [0.15, 0.2) is 0 Å². The van der Waals surface area contributed by atoms with E-state index in [0.29, 0.717) is 6.61 Å². The summed E-state index contributed by atoms with van der Waals surface area (Å²) in [7, 11) is 0. The number of ether oxygens (including phenoxy) is 1. The zero-order chi connectivity index (χ0) is 9.54. The minimum Gasteiger partial charge on any atom is -0.372 e. The maximum absolute atomic E-state index is 5.36.